The molecule has 0 amide bonds. The Hall–Kier alpha value is -1.51. The van der Waals surface area contributed by atoms with Gasteiger partial charge in [0.1, 0.15) is 6.61 Å². The predicted molar refractivity (Wildman–Crippen MR) is 187 cm³/mol. The number of carbonyl (C=O) groups is 2. The zero-order valence-electron chi connectivity index (χ0n) is 29.3. The molecule has 0 aromatic heterocycles. The molecular formula is C36H68NO8P. The summed E-state index contributed by atoms with van der Waals surface area (Å²) in [6, 6.07) is 0. The van der Waals surface area contributed by atoms with Crippen molar-refractivity contribution >= 4 is 19.8 Å². The Bertz CT molecular complexity index is 820. The van der Waals surface area contributed by atoms with E-state index >= 15 is 0 Å². The van der Waals surface area contributed by atoms with Gasteiger partial charge >= 0.3 is 19.8 Å². The van der Waals surface area contributed by atoms with Crippen LogP contribution < -0.4 is 5.73 Å². The number of carbonyl (C=O) groups excluding carboxylic acids is 2. The van der Waals surface area contributed by atoms with E-state index in [1.165, 1.54) is 64.2 Å². The monoisotopic (exact) mass is 673 g/mol. The summed E-state index contributed by atoms with van der Waals surface area (Å²) in [6.07, 6.45) is 32.0. The average Bonchev–Trinajstić information content (AvgIpc) is 3.04. The summed E-state index contributed by atoms with van der Waals surface area (Å²) in [4.78, 5) is 34.6. The second-order valence-electron chi connectivity index (χ2n) is 12.1. The molecule has 0 aromatic rings. The Morgan fingerprint density at radius 1 is 0.652 bits per heavy atom. The minimum atomic E-state index is -4.37. The lowest BCUT2D eigenvalue weighted by atomic mass is 10.1. The Morgan fingerprint density at radius 3 is 1.72 bits per heavy atom. The first-order chi connectivity index (χ1) is 22.3. The van der Waals surface area contributed by atoms with Gasteiger partial charge < -0.3 is 20.1 Å². The molecule has 3 N–H and O–H groups in total. The summed E-state index contributed by atoms with van der Waals surface area (Å²) in [7, 11) is -4.37. The number of allylic oxidation sites excluding steroid dienone is 4. The Labute approximate surface area is 281 Å². The van der Waals surface area contributed by atoms with E-state index in [0.717, 1.165) is 64.2 Å². The van der Waals surface area contributed by atoms with Crippen molar-refractivity contribution in [2.75, 3.05) is 26.4 Å². The SMILES string of the molecule is CCCC/C=C\C/C=C\CCCCCCCC(=O)O[C@H](COC(=O)CCCCCCCCCCCCC)COP(=O)(O)OCCN. The number of ether oxygens (including phenoxy) is 2. The Kier molecular flexibility index (Phi) is 32.3. The van der Waals surface area contributed by atoms with Crippen molar-refractivity contribution < 1.29 is 37.6 Å². The van der Waals surface area contributed by atoms with E-state index in [9.17, 15) is 19.0 Å². The van der Waals surface area contributed by atoms with Crippen molar-refractivity contribution in [2.24, 2.45) is 5.73 Å². The van der Waals surface area contributed by atoms with E-state index in [-0.39, 0.29) is 38.6 Å². The molecule has 10 heteroatoms. The smallest absolute Gasteiger partial charge is 0.462 e. The van der Waals surface area contributed by atoms with E-state index < -0.39 is 26.5 Å². The molecule has 0 radical (unpaired) electrons. The van der Waals surface area contributed by atoms with Gasteiger partial charge in [0.05, 0.1) is 13.2 Å². The summed E-state index contributed by atoms with van der Waals surface area (Å²) in [5.41, 5.74) is 5.32. The molecule has 2 atom stereocenters. The van der Waals surface area contributed by atoms with E-state index in [1.54, 1.807) is 0 Å². The molecule has 270 valence electrons. The van der Waals surface area contributed by atoms with Crippen LogP contribution in [-0.2, 0) is 32.7 Å². The van der Waals surface area contributed by atoms with Crippen LogP contribution in [0.5, 0.6) is 0 Å². The number of unbranched alkanes of at least 4 members (excludes halogenated alkanes) is 17. The standard InChI is InChI=1S/C36H68NO8P/c1-3-5-7-9-11-13-15-16-17-19-21-23-25-27-29-36(39)45-34(33-44-46(40,41)43-31-30-37)32-42-35(38)28-26-24-22-20-18-14-12-10-8-6-4-2/h9,11,15-16,34H,3-8,10,12-14,17-33,37H2,1-2H3,(H,40,41)/b11-9-,16-15-/t34-/m1/s1. The lowest BCUT2D eigenvalue weighted by molar-refractivity contribution is -0.161. The largest absolute Gasteiger partial charge is 0.472 e. The maximum absolute atomic E-state index is 12.5. The highest BCUT2D eigenvalue weighted by atomic mass is 31.2. The zero-order valence-corrected chi connectivity index (χ0v) is 30.2. The maximum atomic E-state index is 12.5. The highest BCUT2D eigenvalue weighted by Crippen LogP contribution is 2.43. The van der Waals surface area contributed by atoms with Crippen LogP contribution in [-0.4, -0.2) is 49.3 Å². The van der Waals surface area contributed by atoms with Crippen molar-refractivity contribution in [3.8, 4) is 0 Å². The van der Waals surface area contributed by atoms with E-state index in [0.29, 0.717) is 6.42 Å². The molecule has 0 aliphatic rings. The molecule has 0 rings (SSSR count). The first-order valence-electron chi connectivity index (χ1n) is 18.3. The summed E-state index contributed by atoms with van der Waals surface area (Å²) in [6.45, 7) is 3.65. The number of phosphoric acid groups is 1. The lowest BCUT2D eigenvalue weighted by Crippen LogP contribution is -2.29. The van der Waals surface area contributed by atoms with Crippen LogP contribution >= 0.6 is 7.82 Å². The molecule has 46 heavy (non-hydrogen) atoms. The molecule has 0 aromatic carbocycles. The number of nitrogens with two attached hydrogens (primary N) is 1. The van der Waals surface area contributed by atoms with Crippen molar-refractivity contribution in [1.29, 1.82) is 0 Å². The van der Waals surface area contributed by atoms with Gasteiger partial charge in [-0.2, -0.15) is 0 Å². The Balaban J connectivity index is 4.27. The molecular weight excluding hydrogens is 605 g/mol. The first kappa shape index (κ1) is 44.5. The number of esters is 2. The lowest BCUT2D eigenvalue weighted by Gasteiger charge is -2.19. The number of rotatable bonds is 34. The minimum absolute atomic E-state index is 0.0521. The van der Waals surface area contributed by atoms with Gasteiger partial charge in [0.15, 0.2) is 6.10 Å². The summed E-state index contributed by atoms with van der Waals surface area (Å²) in [5.74, 6) is -0.845. The molecule has 0 aliphatic carbocycles. The van der Waals surface area contributed by atoms with Crippen LogP contribution in [0.2, 0.25) is 0 Å². The van der Waals surface area contributed by atoms with Gasteiger partial charge in [-0.1, -0.05) is 134 Å². The highest BCUT2D eigenvalue weighted by molar-refractivity contribution is 7.47. The normalized spacial score (nSPS) is 13.7. The zero-order chi connectivity index (χ0) is 34.0. The second-order valence-corrected chi connectivity index (χ2v) is 13.5. The predicted octanol–water partition coefficient (Wildman–Crippen LogP) is 9.66. The third kappa shape index (κ3) is 32.4. The van der Waals surface area contributed by atoms with Gasteiger partial charge in [0.25, 0.3) is 0 Å². The van der Waals surface area contributed by atoms with E-state index in [4.69, 9.17) is 24.3 Å². The maximum Gasteiger partial charge on any atom is 0.472 e. The average molecular weight is 674 g/mol. The van der Waals surface area contributed by atoms with Crippen LogP contribution in [0.4, 0.5) is 0 Å². The van der Waals surface area contributed by atoms with Crippen LogP contribution in [0.3, 0.4) is 0 Å². The molecule has 0 aliphatic heterocycles. The number of hydrogen-bond acceptors (Lipinski definition) is 8. The Morgan fingerprint density at radius 2 is 1.15 bits per heavy atom. The van der Waals surface area contributed by atoms with E-state index in [1.807, 2.05) is 0 Å². The van der Waals surface area contributed by atoms with Gasteiger partial charge in [-0.25, -0.2) is 4.57 Å². The van der Waals surface area contributed by atoms with Crippen molar-refractivity contribution in [1.82, 2.24) is 0 Å². The molecule has 1 unspecified atom stereocenters. The van der Waals surface area contributed by atoms with E-state index in [2.05, 4.69) is 38.2 Å². The minimum Gasteiger partial charge on any atom is -0.462 e. The van der Waals surface area contributed by atoms with Crippen LogP contribution in [0, 0.1) is 0 Å². The van der Waals surface area contributed by atoms with Crippen molar-refractivity contribution in [3.63, 3.8) is 0 Å². The third-order valence-electron chi connectivity index (χ3n) is 7.59. The van der Waals surface area contributed by atoms with Crippen molar-refractivity contribution in [3.05, 3.63) is 24.3 Å². The van der Waals surface area contributed by atoms with Gasteiger partial charge in [-0.15, -0.1) is 0 Å². The first-order valence-corrected chi connectivity index (χ1v) is 19.8. The van der Waals surface area contributed by atoms with Gasteiger partial charge in [0, 0.05) is 19.4 Å². The number of phosphoric ester groups is 1. The van der Waals surface area contributed by atoms with Gasteiger partial charge in [-0.3, -0.25) is 18.6 Å². The second kappa shape index (κ2) is 33.4. The van der Waals surface area contributed by atoms with Crippen LogP contribution in [0.25, 0.3) is 0 Å². The quantitative estimate of drug-likeness (QED) is 0.0296. The van der Waals surface area contributed by atoms with Gasteiger partial charge in [0.2, 0.25) is 0 Å². The number of hydrogen-bond donors (Lipinski definition) is 2. The molecule has 0 saturated carbocycles. The highest BCUT2D eigenvalue weighted by Gasteiger charge is 2.25. The topological polar surface area (TPSA) is 134 Å². The van der Waals surface area contributed by atoms with Crippen LogP contribution in [0.1, 0.15) is 162 Å². The summed E-state index contributed by atoms with van der Waals surface area (Å²) in [5, 5.41) is 0. The van der Waals surface area contributed by atoms with Crippen LogP contribution in [0.15, 0.2) is 24.3 Å². The molecule has 0 fully saturated rings. The van der Waals surface area contributed by atoms with Crippen molar-refractivity contribution in [2.45, 2.75) is 168 Å². The molecule has 0 bridgehead atoms. The molecule has 0 saturated heterocycles. The third-order valence-corrected chi connectivity index (χ3v) is 8.57. The molecule has 0 spiro atoms. The fraction of sp³-hybridized carbons (Fsp3) is 0.833. The summed E-state index contributed by atoms with van der Waals surface area (Å²) < 4.78 is 32.6. The summed E-state index contributed by atoms with van der Waals surface area (Å²) >= 11 is 0. The molecule has 9 nitrogen and oxygen atoms in total. The van der Waals surface area contributed by atoms with Gasteiger partial charge in [-0.05, 0) is 38.5 Å². The fourth-order valence-electron chi connectivity index (χ4n) is 4.83. The molecule has 0 heterocycles. The fourth-order valence-corrected chi connectivity index (χ4v) is 5.59.